The van der Waals surface area contributed by atoms with E-state index in [1.807, 2.05) is 53.1 Å². The molecule has 0 aliphatic heterocycles. The fraction of sp³-hybridized carbons (Fsp3) is 0.280. The van der Waals surface area contributed by atoms with Crippen molar-refractivity contribution in [2.45, 2.75) is 38.9 Å². The third-order valence-electron chi connectivity index (χ3n) is 5.24. The average molecular weight is 478 g/mol. The highest BCUT2D eigenvalue weighted by atomic mass is 16.2. The Bertz CT molecular complexity index is 1200. The lowest BCUT2D eigenvalue weighted by Crippen LogP contribution is -2.54. The fourth-order valence-corrected chi connectivity index (χ4v) is 3.22. The second-order valence-corrected chi connectivity index (χ2v) is 8.78. The topological polar surface area (TPSA) is 143 Å². The van der Waals surface area contributed by atoms with Gasteiger partial charge >= 0.3 is 6.03 Å². The fourth-order valence-electron chi connectivity index (χ4n) is 3.22. The molecule has 2 aromatic carbocycles. The van der Waals surface area contributed by atoms with Crippen LogP contribution in [0.2, 0.25) is 0 Å². The molecule has 10 nitrogen and oxygen atoms in total. The highest BCUT2D eigenvalue weighted by molar-refractivity contribution is 5.97. The van der Waals surface area contributed by atoms with Gasteiger partial charge in [0.1, 0.15) is 6.04 Å². The molecule has 1 aromatic heterocycles. The summed E-state index contributed by atoms with van der Waals surface area (Å²) in [6.07, 6.45) is 3.34. The maximum atomic E-state index is 12.4. The van der Waals surface area contributed by atoms with Crippen LogP contribution in [-0.4, -0.2) is 46.0 Å². The van der Waals surface area contributed by atoms with E-state index in [4.69, 9.17) is 5.73 Å². The van der Waals surface area contributed by atoms with Gasteiger partial charge in [-0.3, -0.25) is 9.59 Å². The van der Waals surface area contributed by atoms with Crippen LogP contribution >= 0.6 is 0 Å². The van der Waals surface area contributed by atoms with E-state index in [-0.39, 0.29) is 11.9 Å². The number of nitrogens with zero attached hydrogens (tertiary/aromatic N) is 2. The lowest BCUT2D eigenvalue weighted by molar-refractivity contribution is -0.129. The van der Waals surface area contributed by atoms with Crippen molar-refractivity contribution >= 4 is 29.4 Å². The van der Waals surface area contributed by atoms with Crippen LogP contribution < -0.4 is 27.0 Å². The van der Waals surface area contributed by atoms with Crippen molar-refractivity contribution in [3.05, 3.63) is 66.6 Å². The molecule has 0 saturated heterocycles. The number of benzene rings is 2. The van der Waals surface area contributed by atoms with E-state index in [2.05, 4.69) is 26.3 Å². The molecule has 0 unspecified atom stereocenters. The van der Waals surface area contributed by atoms with E-state index in [9.17, 15) is 14.4 Å². The molecule has 3 rings (SSSR count). The van der Waals surface area contributed by atoms with Crippen molar-refractivity contribution in [3.8, 4) is 11.1 Å². The molecule has 35 heavy (non-hydrogen) atoms. The van der Waals surface area contributed by atoms with Crippen molar-refractivity contribution in [1.29, 1.82) is 0 Å². The number of carbonyl (C=O) groups excluding carboxylic acids is 3. The van der Waals surface area contributed by atoms with E-state index in [1.165, 1.54) is 0 Å². The molecule has 0 saturated carbocycles. The number of para-hydroxylation sites is 1. The molecule has 0 radical (unpaired) electrons. The lowest BCUT2D eigenvalue weighted by atomic mass is 10.0. The molecule has 184 valence electrons. The van der Waals surface area contributed by atoms with E-state index in [1.54, 1.807) is 40.3 Å². The van der Waals surface area contributed by atoms with Gasteiger partial charge in [-0.05, 0) is 38.0 Å². The zero-order chi connectivity index (χ0) is 25.6. The normalized spacial score (nSPS) is 11.9. The largest absolute Gasteiger partial charge is 0.343 e. The number of nitrogens with two attached hydrogens (primary N) is 1. The molecule has 1 heterocycles. The zero-order valence-electron chi connectivity index (χ0n) is 20.3. The first-order chi connectivity index (χ1) is 16.6. The lowest BCUT2D eigenvalue weighted by Gasteiger charge is -2.21. The molecule has 0 bridgehead atoms. The quantitative estimate of drug-likeness (QED) is 0.339. The number of amides is 4. The van der Waals surface area contributed by atoms with Crippen molar-refractivity contribution in [2.24, 2.45) is 5.73 Å². The van der Waals surface area contributed by atoms with Crippen molar-refractivity contribution in [2.75, 3.05) is 17.7 Å². The second kappa shape index (κ2) is 10.8. The van der Waals surface area contributed by atoms with Crippen LogP contribution in [0, 0.1) is 0 Å². The van der Waals surface area contributed by atoms with E-state index >= 15 is 0 Å². The van der Waals surface area contributed by atoms with Gasteiger partial charge in [0.15, 0.2) is 5.82 Å². The first kappa shape index (κ1) is 25.4. The Morgan fingerprint density at radius 3 is 2.40 bits per heavy atom. The molecule has 4 amide bonds. The Hall–Kier alpha value is -4.18. The summed E-state index contributed by atoms with van der Waals surface area (Å²) in [5.74, 6) is -0.420. The summed E-state index contributed by atoms with van der Waals surface area (Å²) >= 11 is 0. The van der Waals surface area contributed by atoms with Crippen LogP contribution in [0.4, 0.5) is 16.3 Å². The number of carbonyl (C=O) groups is 3. The summed E-state index contributed by atoms with van der Waals surface area (Å²) in [6, 6.07) is 14.5. The molecule has 1 atom stereocenters. The van der Waals surface area contributed by atoms with Crippen molar-refractivity contribution in [1.82, 2.24) is 20.2 Å². The first-order valence-corrected chi connectivity index (χ1v) is 11.2. The monoisotopic (exact) mass is 477 g/mol. The number of hydrogen-bond acceptors (Lipinski definition) is 5. The molecule has 0 aliphatic rings. The van der Waals surface area contributed by atoms with Crippen LogP contribution in [0.5, 0.6) is 0 Å². The summed E-state index contributed by atoms with van der Waals surface area (Å²) in [7, 11) is 1.57. The summed E-state index contributed by atoms with van der Waals surface area (Å²) < 4.78 is 1.85. The summed E-state index contributed by atoms with van der Waals surface area (Å²) in [4.78, 5) is 40.3. The number of nitrogens with one attached hydrogen (secondary N) is 4. The van der Waals surface area contributed by atoms with Gasteiger partial charge in [0.25, 0.3) is 0 Å². The summed E-state index contributed by atoms with van der Waals surface area (Å²) in [6.45, 7) is 5.28. The van der Waals surface area contributed by atoms with Crippen LogP contribution in [0.3, 0.4) is 0 Å². The minimum Gasteiger partial charge on any atom is -0.343 e. The van der Waals surface area contributed by atoms with Crippen LogP contribution in [-0.2, 0) is 16.1 Å². The van der Waals surface area contributed by atoms with Crippen LogP contribution in [0.1, 0.15) is 26.3 Å². The number of aromatic nitrogens is 2. The van der Waals surface area contributed by atoms with Crippen LogP contribution in [0.25, 0.3) is 11.1 Å². The molecule has 0 spiro atoms. The standard InChI is InChI=1S/C25H31N7O3/c1-16(29-23(34)25(2,3)26)22(33)31-21-14-32(15-28-21)13-17-9-11-18(12-10-17)19-7-5-6-8-20(19)30-24(35)27-4/h5-12,14-16H,13,26H2,1-4H3,(H,29,34)(H,31,33)(H2,27,30,35)/t16-/m1/s1. The predicted molar refractivity (Wildman–Crippen MR) is 136 cm³/mol. The number of imidazole rings is 1. The minimum atomic E-state index is -1.08. The van der Waals surface area contributed by atoms with Gasteiger partial charge in [-0.15, -0.1) is 0 Å². The molecular weight excluding hydrogens is 446 g/mol. The van der Waals surface area contributed by atoms with Crippen molar-refractivity contribution < 1.29 is 14.4 Å². The van der Waals surface area contributed by atoms with E-state index in [0.29, 0.717) is 12.4 Å². The van der Waals surface area contributed by atoms with Crippen LogP contribution in [0.15, 0.2) is 61.1 Å². The van der Waals surface area contributed by atoms with Gasteiger partial charge < -0.3 is 31.6 Å². The van der Waals surface area contributed by atoms with E-state index < -0.39 is 17.5 Å². The Kier molecular flexibility index (Phi) is 7.87. The van der Waals surface area contributed by atoms with Crippen molar-refractivity contribution in [3.63, 3.8) is 0 Å². The molecule has 0 fully saturated rings. The van der Waals surface area contributed by atoms with Gasteiger partial charge in [-0.25, -0.2) is 9.78 Å². The number of anilines is 2. The van der Waals surface area contributed by atoms with Gasteiger partial charge in [-0.2, -0.15) is 0 Å². The second-order valence-electron chi connectivity index (χ2n) is 8.78. The summed E-state index contributed by atoms with van der Waals surface area (Å²) in [5, 5.41) is 10.7. The number of urea groups is 1. The first-order valence-electron chi connectivity index (χ1n) is 11.2. The minimum absolute atomic E-state index is 0.280. The average Bonchev–Trinajstić information content (AvgIpc) is 3.25. The molecule has 10 heteroatoms. The third-order valence-corrected chi connectivity index (χ3v) is 5.24. The van der Waals surface area contributed by atoms with Gasteiger partial charge in [0.2, 0.25) is 11.8 Å². The number of rotatable bonds is 8. The van der Waals surface area contributed by atoms with Gasteiger partial charge in [0, 0.05) is 25.4 Å². The molecule has 0 aliphatic carbocycles. The smallest absolute Gasteiger partial charge is 0.318 e. The molecular formula is C25H31N7O3. The zero-order valence-corrected chi connectivity index (χ0v) is 20.3. The Morgan fingerprint density at radius 2 is 1.74 bits per heavy atom. The van der Waals surface area contributed by atoms with Gasteiger partial charge in [-0.1, -0.05) is 42.5 Å². The van der Waals surface area contributed by atoms with E-state index in [0.717, 1.165) is 22.4 Å². The maximum Gasteiger partial charge on any atom is 0.318 e. The predicted octanol–water partition coefficient (Wildman–Crippen LogP) is 2.53. The highest BCUT2D eigenvalue weighted by Gasteiger charge is 2.25. The Morgan fingerprint density at radius 1 is 1.06 bits per heavy atom. The number of hydrogen-bond donors (Lipinski definition) is 5. The molecule has 3 aromatic rings. The van der Waals surface area contributed by atoms with Gasteiger partial charge in [0.05, 0.1) is 17.6 Å². The Balaban J connectivity index is 1.62. The SMILES string of the molecule is CNC(=O)Nc1ccccc1-c1ccc(Cn2cnc(NC(=O)[C@@H](C)NC(=O)C(C)(C)N)c2)cc1. The maximum absolute atomic E-state index is 12.4. The Labute approximate surface area is 204 Å². The highest BCUT2D eigenvalue weighted by Crippen LogP contribution is 2.28. The summed E-state index contributed by atoms with van der Waals surface area (Å²) in [5.41, 5.74) is 8.31. The third kappa shape index (κ3) is 6.90. The molecule has 6 N–H and O–H groups in total.